The Hall–Kier alpha value is -3.29. The van der Waals surface area contributed by atoms with Crippen LogP contribution in [0.5, 0.6) is 5.88 Å². The van der Waals surface area contributed by atoms with Crippen molar-refractivity contribution >= 4 is 23.3 Å². The van der Waals surface area contributed by atoms with Gasteiger partial charge in [-0.15, -0.1) is 5.06 Å². The first kappa shape index (κ1) is 25.8. The number of hydrogen-bond donors (Lipinski definition) is 2. The fourth-order valence-corrected chi connectivity index (χ4v) is 3.72. The molecule has 2 saturated heterocycles. The second-order valence-electron chi connectivity index (χ2n) is 8.64. The summed E-state index contributed by atoms with van der Waals surface area (Å²) in [5, 5.41) is 6.09. The van der Waals surface area contributed by atoms with Crippen LogP contribution in [0, 0.1) is 11.6 Å². The second-order valence-corrected chi connectivity index (χ2v) is 8.64. The highest BCUT2D eigenvalue weighted by molar-refractivity contribution is 5.62. The van der Waals surface area contributed by atoms with Gasteiger partial charge in [-0.2, -0.15) is 0 Å². The molecule has 0 atom stereocenters. The van der Waals surface area contributed by atoms with E-state index in [4.69, 9.17) is 19.0 Å². The molecule has 2 aromatic rings. The lowest BCUT2D eigenvalue weighted by molar-refractivity contribution is -0.151. The number of hydroxylamine groups is 2. The number of halogens is 2. The van der Waals surface area contributed by atoms with Gasteiger partial charge in [-0.05, 0) is 13.8 Å². The number of carbonyl (C=O) groups excluding carboxylic acids is 1. The highest BCUT2D eigenvalue weighted by Crippen LogP contribution is 2.27. The van der Waals surface area contributed by atoms with Crippen molar-refractivity contribution in [2.24, 2.45) is 0 Å². The first-order valence-electron chi connectivity index (χ1n) is 11.8. The van der Waals surface area contributed by atoms with Gasteiger partial charge >= 0.3 is 6.16 Å². The maximum absolute atomic E-state index is 14.7. The number of benzene rings is 1. The summed E-state index contributed by atoms with van der Waals surface area (Å²) in [5.41, 5.74) is 2.86. The van der Waals surface area contributed by atoms with E-state index in [1.54, 1.807) is 18.9 Å². The molecule has 0 bridgehead atoms. The number of nitrogens with zero attached hydrogens (tertiary/aromatic N) is 4. The van der Waals surface area contributed by atoms with Crippen molar-refractivity contribution in [3.8, 4) is 5.88 Å². The van der Waals surface area contributed by atoms with Crippen molar-refractivity contribution in [3.05, 3.63) is 36.2 Å². The highest BCUT2D eigenvalue weighted by Gasteiger charge is 2.24. The zero-order chi connectivity index (χ0) is 25.5. The van der Waals surface area contributed by atoms with E-state index in [-0.39, 0.29) is 35.3 Å². The number of ether oxygens (including phenoxy) is 3. The summed E-state index contributed by atoms with van der Waals surface area (Å²) in [6.07, 6.45) is 1.32. The lowest BCUT2D eigenvalue weighted by Crippen LogP contribution is -2.40. The van der Waals surface area contributed by atoms with Crippen molar-refractivity contribution in [1.82, 2.24) is 20.0 Å². The number of anilines is 3. The van der Waals surface area contributed by atoms with Crippen molar-refractivity contribution in [3.63, 3.8) is 0 Å². The van der Waals surface area contributed by atoms with Crippen LogP contribution in [0.25, 0.3) is 0 Å². The van der Waals surface area contributed by atoms with E-state index in [0.29, 0.717) is 52.2 Å². The Morgan fingerprint density at radius 2 is 1.75 bits per heavy atom. The predicted octanol–water partition coefficient (Wildman–Crippen LogP) is 3.48. The SMILES string of the molecule is CC(C)OC(=O)ON1CCC(Oc2cc(Nc3cc(F)c(NN4CCOCC4)cc3F)ncn2)CC1. The van der Waals surface area contributed by atoms with Gasteiger partial charge in [0.05, 0.1) is 30.7 Å². The van der Waals surface area contributed by atoms with E-state index in [1.165, 1.54) is 17.5 Å². The summed E-state index contributed by atoms with van der Waals surface area (Å²) in [6, 6.07) is 3.68. The van der Waals surface area contributed by atoms with Gasteiger partial charge in [0.1, 0.15) is 29.9 Å². The normalized spacial score (nSPS) is 17.6. The van der Waals surface area contributed by atoms with Crippen LogP contribution < -0.4 is 15.5 Å². The topological polar surface area (TPSA) is 110 Å². The van der Waals surface area contributed by atoms with Gasteiger partial charge in [-0.25, -0.2) is 28.6 Å². The van der Waals surface area contributed by atoms with Gasteiger partial charge in [0.25, 0.3) is 0 Å². The molecule has 3 heterocycles. The molecule has 2 fully saturated rings. The van der Waals surface area contributed by atoms with Crippen LogP contribution >= 0.6 is 0 Å². The number of piperidine rings is 1. The summed E-state index contributed by atoms with van der Waals surface area (Å²) in [4.78, 5) is 25.0. The summed E-state index contributed by atoms with van der Waals surface area (Å²) in [6.45, 7) is 6.63. The Morgan fingerprint density at radius 1 is 1.06 bits per heavy atom. The van der Waals surface area contributed by atoms with E-state index >= 15 is 0 Å². The van der Waals surface area contributed by atoms with E-state index in [9.17, 15) is 13.6 Å². The first-order valence-corrected chi connectivity index (χ1v) is 11.8. The van der Waals surface area contributed by atoms with Crippen LogP contribution in [0.3, 0.4) is 0 Å². The molecule has 11 nitrogen and oxygen atoms in total. The van der Waals surface area contributed by atoms with Crippen LogP contribution in [0.2, 0.25) is 0 Å². The Morgan fingerprint density at radius 3 is 2.47 bits per heavy atom. The van der Waals surface area contributed by atoms with Crippen LogP contribution in [-0.4, -0.2) is 77.8 Å². The molecule has 1 aromatic heterocycles. The Kier molecular flexibility index (Phi) is 8.67. The quantitative estimate of drug-likeness (QED) is 0.512. The number of morpholine rings is 1. The summed E-state index contributed by atoms with van der Waals surface area (Å²) in [7, 11) is 0. The molecule has 0 spiro atoms. The lowest BCUT2D eigenvalue weighted by atomic mass is 10.1. The van der Waals surface area contributed by atoms with Crippen LogP contribution in [0.4, 0.5) is 30.8 Å². The molecule has 13 heteroatoms. The number of nitrogens with one attached hydrogen (secondary N) is 2. The van der Waals surface area contributed by atoms with Gasteiger partial charge in [0.15, 0.2) is 0 Å². The zero-order valence-electron chi connectivity index (χ0n) is 20.2. The third-order valence-electron chi connectivity index (χ3n) is 5.48. The largest absolute Gasteiger partial charge is 0.528 e. The molecule has 0 amide bonds. The summed E-state index contributed by atoms with van der Waals surface area (Å²) in [5.74, 6) is -0.708. The second kappa shape index (κ2) is 12.1. The Labute approximate surface area is 207 Å². The zero-order valence-corrected chi connectivity index (χ0v) is 20.2. The number of carbonyl (C=O) groups is 1. The molecule has 36 heavy (non-hydrogen) atoms. The molecule has 0 aliphatic carbocycles. The average molecular weight is 509 g/mol. The van der Waals surface area contributed by atoms with E-state index in [1.807, 2.05) is 0 Å². The van der Waals surface area contributed by atoms with Crippen molar-refractivity contribution in [2.45, 2.75) is 38.9 Å². The molecule has 1 aromatic carbocycles. The van der Waals surface area contributed by atoms with Crippen molar-refractivity contribution < 1.29 is 32.6 Å². The molecule has 0 unspecified atom stereocenters. The fourth-order valence-electron chi connectivity index (χ4n) is 3.72. The molecule has 2 N–H and O–H groups in total. The maximum atomic E-state index is 14.7. The van der Waals surface area contributed by atoms with Crippen molar-refractivity contribution in [2.75, 3.05) is 50.1 Å². The summed E-state index contributed by atoms with van der Waals surface area (Å²) < 4.78 is 45.5. The predicted molar refractivity (Wildman–Crippen MR) is 126 cm³/mol. The molecular formula is C23H30F2N6O5. The third-order valence-corrected chi connectivity index (χ3v) is 5.48. The molecular weight excluding hydrogens is 478 g/mol. The van der Waals surface area contributed by atoms with E-state index < -0.39 is 17.8 Å². The van der Waals surface area contributed by atoms with Gasteiger partial charge in [-0.1, -0.05) is 0 Å². The standard InChI is InChI=1S/C23H30F2N6O5/c1-15(2)34-23(32)36-31-5-3-16(4-6-31)35-22-13-21(26-14-27-22)28-19-11-18(25)20(12-17(19)24)29-30-7-9-33-10-8-30/h11-16,29H,3-10H2,1-2H3,(H,26,27,28). The van der Waals surface area contributed by atoms with Gasteiger partial charge in [-0.3, -0.25) is 0 Å². The lowest BCUT2D eigenvalue weighted by Gasteiger charge is -2.30. The Balaban J connectivity index is 1.31. The molecule has 0 saturated carbocycles. The minimum atomic E-state index is -0.732. The van der Waals surface area contributed by atoms with Crippen LogP contribution in [0.1, 0.15) is 26.7 Å². The minimum Gasteiger partial charge on any atom is -0.474 e. The van der Waals surface area contributed by atoms with Crippen LogP contribution in [-0.2, 0) is 14.3 Å². The molecule has 2 aliphatic rings. The maximum Gasteiger partial charge on any atom is 0.528 e. The molecule has 2 aliphatic heterocycles. The number of aromatic nitrogens is 2. The minimum absolute atomic E-state index is 0.0412. The van der Waals surface area contributed by atoms with Gasteiger partial charge in [0, 0.05) is 57.2 Å². The van der Waals surface area contributed by atoms with Gasteiger partial charge in [0.2, 0.25) is 5.88 Å². The number of rotatable bonds is 8. The van der Waals surface area contributed by atoms with Crippen LogP contribution in [0.15, 0.2) is 24.5 Å². The number of hydrazine groups is 1. The average Bonchev–Trinajstić information content (AvgIpc) is 2.84. The third kappa shape index (κ3) is 7.35. The van der Waals surface area contributed by atoms with Gasteiger partial charge < -0.3 is 29.8 Å². The van der Waals surface area contributed by atoms with Crippen molar-refractivity contribution in [1.29, 1.82) is 0 Å². The highest BCUT2D eigenvalue weighted by atomic mass is 19.1. The number of hydrogen-bond acceptors (Lipinski definition) is 11. The van der Waals surface area contributed by atoms with E-state index in [2.05, 4.69) is 20.7 Å². The smallest absolute Gasteiger partial charge is 0.474 e. The molecule has 4 rings (SSSR count). The van der Waals surface area contributed by atoms with E-state index in [0.717, 1.165) is 12.1 Å². The summed E-state index contributed by atoms with van der Waals surface area (Å²) >= 11 is 0. The first-order chi connectivity index (χ1) is 17.4. The Bertz CT molecular complexity index is 1030. The fraction of sp³-hybridized carbons (Fsp3) is 0.522. The molecule has 196 valence electrons. The molecule has 0 radical (unpaired) electrons. The monoisotopic (exact) mass is 508 g/mol.